The molecule has 0 saturated heterocycles. The zero-order valence-electron chi connectivity index (χ0n) is 11.7. The van der Waals surface area contributed by atoms with E-state index in [1.165, 1.54) is 6.42 Å². The lowest BCUT2D eigenvalue weighted by Crippen LogP contribution is -2.53. The van der Waals surface area contributed by atoms with E-state index in [1.54, 1.807) is 7.11 Å². The molecule has 0 aromatic heterocycles. The Hall–Kier alpha value is -0.120. The van der Waals surface area contributed by atoms with E-state index in [-0.39, 0.29) is 11.6 Å². The average Bonchev–Trinajstić information content (AvgIpc) is 2.33. The third-order valence-electron chi connectivity index (χ3n) is 3.67. The highest BCUT2D eigenvalue weighted by Gasteiger charge is 2.27. The fraction of sp³-hybridized carbons (Fsp3) is 1.00. The third-order valence-corrected chi connectivity index (χ3v) is 3.67. The second-order valence-corrected chi connectivity index (χ2v) is 4.98. The van der Waals surface area contributed by atoms with Gasteiger partial charge < -0.3 is 15.8 Å². The minimum absolute atomic E-state index is 0.0855. The van der Waals surface area contributed by atoms with E-state index in [0.29, 0.717) is 12.5 Å². The molecule has 0 radical (unpaired) electrons. The second kappa shape index (κ2) is 8.04. The summed E-state index contributed by atoms with van der Waals surface area (Å²) < 4.78 is 5.26. The second-order valence-electron chi connectivity index (χ2n) is 4.98. The van der Waals surface area contributed by atoms with Crippen molar-refractivity contribution in [3.8, 4) is 0 Å². The van der Waals surface area contributed by atoms with Gasteiger partial charge in [-0.15, -0.1) is 0 Å². The first-order valence-corrected chi connectivity index (χ1v) is 6.51. The van der Waals surface area contributed by atoms with Crippen molar-refractivity contribution in [3.63, 3.8) is 0 Å². The Morgan fingerprint density at radius 2 is 1.94 bits per heavy atom. The van der Waals surface area contributed by atoms with E-state index in [2.05, 4.69) is 33.0 Å². The summed E-state index contributed by atoms with van der Waals surface area (Å²) in [6, 6.07) is 0. The highest BCUT2D eigenvalue weighted by atomic mass is 16.5. The highest BCUT2D eigenvalue weighted by Crippen LogP contribution is 2.21. The predicted octanol–water partition coefficient (Wildman–Crippen LogP) is 2.15. The molecule has 3 heteroatoms. The molecule has 3 N–H and O–H groups in total. The van der Waals surface area contributed by atoms with Crippen LogP contribution in [-0.4, -0.2) is 31.8 Å². The number of nitrogens with one attached hydrogen (secondary N) is 1. The van der Waals surface area contributed by atoms with Gasteiger partial charge in [0, 0.05) is 25.7 Å². The lowest BCUT2D eigenvalue weighted by atomic mass is 9.84. The van der Waals surface area contributed by atoms with Gasteiger partial charge in [0.15, 0.2) is 0 Å². The molecule has 0 fully saturated rings. The van der Waals surface area contributed by atoms with Gasteiger partial charge in [-0.2, -0.15) is 0 Å². The Labute approximate surface area is 101 Å². The monoisotopic (exact) mass is 230 g/mol. The molecule has 98 valence electrons. The van der Waals surface area contributed by atoms with Crippen molar-refractivity contribution in [2.24, 2.45) is 11.7 Å². The van der Waals surface area contributed by atoms with Crippen LogP contribution in [0.25, 0.3) is 0 Å². The molecule has 0 aliphatic carbocycles. The SMILES string of the molecule is CCC(C)CC(CC)(CN)NCC(C)OC. The first-order valence-electron chi connectivity index (χ1n) is 6.51. The fourth-order valence-electron chi connectivity index (χ4n) is 1.90. The van der Waals surface area contributed by atoms with Crippen LogP contribution in [-0.2, 0) is 4.74 Å². The molecule has 0 aliphatic heterocycles. The zero-order valence-corrected chi connectivity index (χ0v) is 11.7. The summed E-state index contributed by atoms with van der Waals surface area (Å²) in [6.45, 7) is 10.4. The number of ether oxygens (including phenoxy) is 1. The summed E-state index contributed by atoms with van der Waals surface area (Å²) in [4.78, 5) is 0. The third kappa shape index (κ3) is 5.28. The topological polar surface area (TPSA) is 47.3 Å². The maximum absolute atomic E-state index is 5.95. The van der Waals surface area contributed by atoms with Crippen LogP contribution in [0.2, 0.25) is 0 Å². The molecule has 3 unspecified atom stereocenters. The van der Waals surface area contributed by atoms with Gasteiger partial charge in [-0.3, -0.25) is 0 Å². The van der Waals surface area contributed by atoms with Crippen LogP contribution < -0.4 is 11.1 Å². The molecule has 3 nitrogen and oxygen atoms in total. The molecule has 0 aliphatic rings. The zero-order chi connectivity index (χ0) is 12.6. The van der Waals surface area contributed by atoms with Gasteiger partial charge in [0.1, 0.15) is 0 Å². The molecule has 0 rings (SSSR count). The van der Waals surface area contributed by atoms with Crippen LogP contribution >= 0.6 is 0 Å². The largest absolute Gasteiger partial charge is 0.380 e. The molecule has 0 bridgehead atoms. The summed E-state index contributed by atoms with van der Waals surface area (Å²) in [6.07, 6.45) is 3.68. The minimum atomic E-state index is 0.0855. The number of methoxy groups -OCH3 is 1. The maximum atomic E-state index is 5.95. The summed E-state index contributed by atoms with van der Waals surface area (Å²) in [5, 5.41) is 3.60. The van der Waals surface area contributed by atoms with Crippen molar-refractivity contribution in [1.29, 1.82) is 0 Å². The van der Waals surface area contributed by atoms with Gasteiger partial charge >= 0.3 is 0 Å². The fourth-order valence-corrected chi connectivity index (χ4v) is 1.90. The first kappa shape index (κ1) is 15.9. The molecule has 0 spiro atoms. The summed E-state index contributed by atoms with van der Waals surface area (Å²) in [5.74, 6) is 0.717. The van der Waals surface area contributed by atoms with Crippen LogP contribution in [0.1, 0.15) is 47.0 Å². The Kier molecular flexibility index (Phi) is 7.98. The van der Waals surface area contributed by atoms with Crippen LogP contribution in [0.4, 0.5) is 0 Å². The van der Waals surface area contributed by atoms with Gasteiger partial charge in [-0.25, -0.2) is 0 Å². The number of hydrogen-bond donors (Lipinski definition) is 2. The van der Waals surface area contributed by atoms with Crippen molar-refractivity contribution < 1.29 is 4.74 Å². The predicted molar refractivity (Wildman–Crippen MR) is 70.6 cm³/mol. The van der Waals surface area contributed by atoms with E-state index in [4.69, 9.17) is 10.5 Å². The molecule has 0 heterocycles. The smallest absolute Gasteiger partial charge is 0.0667 e. The van der Waals surface area contributed by atoms with Gasteiger partial charge in [0.25, 0.3) is 0 Å². The molecule has 0 aromatic rings. The normalized spacial score (nSPS) is 19.1. The van der Waals surface area contributed by atoms with Crippen LogP contribution in [0.3, 0.4) is 0 Å². The first-order chi connectivity index (χ1) is 7.53. The molecule has 3 atom stereocenters. The van der Waals surface area contributed by atoms with Crippen molar-refractivity contribution in [2.45, 2.75) is 58.6 Å². The minimum Gasteiger partial charge on any atom is -0.380 e. The maximum Gasteiger partial charge on any atom is 0.0667 e. The Morgan fingerprint density at radius 1 is 1.31 bits per heavy atom. The molecule has 0 aromatic carbocycles. The number of hydrogen-bond acceptors (Lipinski definition) is 3. The van der Waals surface area contributed by atoms with E-state index >= 15 is 0 Å². The summed E-state index contributed by atoms with van der Waals surface area (Å²) in [5.41, 5.74) is 6.03. The van der Waals surface area contributed by atoms with Crippen LogP contribution in [0.15, 0.2) is 0 Å². The Morgan fingerprint density at radius 3 is 2.31 bits per heavy atom. The Balaban J connectivity index is 4.31. The average molecular weight is 230 g/mol. The van der Waals surface area contributed by atoms with Crippen molar-refractivity contribution in [1.82, 2.24) is 5.32 Å². The lowest BCUT2D eigenvalue weighted by Gasteiger charge is -2.36. The summed E-state index contributed by atoms with van der Waals surface area (Å²) in [7, 11) is 1.75. The molecular formula is C13H30N2O. The van der Waals surface area contributed by atoms with Crippen molar-refractivity contribution >= 4 is 0 Å². The molecular weight excluding hydrogens is 200 g/mol. The Bertz CT molecular complexity index is 169. The van der Waals surface area contributed by atoms with Crippen LogP contribution in [0, 0.1) is 5.92 Å². The van der Waals surface area contributed by atoms with E-state index in [1.807, 2.05) is 0 Å². The van der Waals surface area contributed by atoms with E-state index < -0.39 is 0 Å². The van der Waals surface area contributed by atoms with Gasteiger partial charge in [-0.1, -0.05) is 27.2 Å². The molecule has 16 heavy (non-hydrogen) atoms. The highest BCUT2D eigenvalue weighted by molar-refractivity contribution is 4.89. The summed E-state index contributed by atoms with van der Waals surface area (Å²) >= 11 is 0. The van der Waals surface area contributed by atoms with Crippen LogP contribution in [0.5, 0.6) is 0 Å². The van der Waals surface area contributed by atoms with Gasteiger partial charge in [0.2, 0.25) is 0 Å². The van der Waals surface area contributed by atoms with E-state index in [0.717, 1.165) is 19.4 Å². The number of rotatable bonds is 9. The molecule has 0 saturated carbocycles. The van der Waals surface area contributed by atoms with Crippen molar-refractivity contribution in [3.05, 3.63) is 0 Å². The lowest BCUT2D eigenvalue weighted by molar-refractivity contribution is 0.103. The number of nitrogens with two attached hydrogens (primary N) is 1. The van der Waals surface area contributed by atoms with Crippen molar-refractivity contribution in [2.75, 3.05) is 20.2 Å². The standard InChI is InChI=1S/C13H30N2O/c1-6-11(3)8-13(7-2,10-14)15-9-12(4)16-5/h11-12,15H,6-10,14H2,1-5H3. The van der Waals surface area contributed by atoms with E-state index in [9.17, 15) is 0 Å². The van der Waals surface area contributed by atoms with Gasteiger partial charge in [0.05, 0.1) is 6.10 Å². The van der Waals surface area contributed by atoms with Gasteiger partial charge in [-0.05, 0) is 25.7 Å². The quantitative estimate of drug-likeness (QED) is 0.638. The molecule has 0 amide bonds.